The SMILES string of the molecule is COC1(OC)CC([C@@H](C(C)C)N2CC3(CCN(c4ncnnc4Oc4ccc(F)cc4-n4c(C)nnc4C4CC4)C3)C2)C1. The maximum atomic E-state index is 14.5. The Morgan fingerprint density at radius 3 is 2.49 bits per heavy atom. The Labute approximate surface area is 251 Å². The van der Waals surface area contributed by atoms with Crippen molar-refractivity contribution in [1.29, 1.82) is 0 Å². The van der Waals surface area contributed by atoms with Gasteiger partial charge in [-0.3, -0.25) is 9.47 Å². The van der Waals surface area contributed by atoms with Crippen LogP contribution in [0.3, 0.4) is 0 Å². The van der Waals surface area contributed by atoms with E-state index in [1.165, 1.54) is 18.5 Å². The summed E-state index contributed by atoms with van der Waals surface area (Å²) < 4.78 is 34.2. The first-order valence-electron chi connectivity index (χ1n) is 15.4. The van der Waals surface area contributed by atoms with Gasteiger partial charge in [0.25, 0.3) is 5.88 Å². The van der Waals surface area contributed by atoms with Crippen molar-refractivity contribution in [2.75, 3.05) is 45.3 Å². The molecule has 2 aliphatic heterocycles. The largest absolute Gasteiger partial charge is 0.433 e. The highest BCUT2D eigenvalue weighted by atomic mass is 19.1. The molecule has 1 atom stereocenters. The third-order valence-corrected chi connectivity index (χ3v) is 10.0. The Morgan fingerprint density at radius 1 is 1.02 bits per heavy atom. The molecule has 2 aliphatic carbocycles. The molecule has 0 N–H and O–H groups in total. The van der Waals surface area contributed by atoms with Crippen LogP contribution in [0, 0.1) is 30.0 Å². The van der Waals surface area contributed by atoms with Crippen molar-refractivity contribution in [1.82, 2.24) is 34.8 Å². The van der Waals surface area contributed by atoms with E-state index in [0.29, 0.717) is 52.8 Å². The molecule has 0 bridgehead atoms. The fraction of sp³-hybridized carbons (Fsp3) is 0.645. The van der Waals surface area contributed by atoms with Gasteiger partial charge in [-0.1, -0.05) is 13.8 Å². The van der Waals surface area contributed by atoms with Gasteiger partial charge in [0.2, 0.25) is 0 Å². The first kappa shape index (κ1) is 28.5. The lowest BCUT2D eigenvalue weighted by molar-refractivity contribution is -0.282. The zero-order chi connectivity index (χ0) is 29.9. The zero-order valence-corrected chi connectivity index (χ0v) is 25.7. The van der Waals surface area contributed by atoms with Gasteiger partial charge in [-0.05, 0) is 50.2 Å². The Hall–Kier alpha value is -3.22. The van der Waals surface area contributed by atoms with E-state index in [2.05, 4.69) is 49.0 Å². The van der Waals surface area contributed by atoms with Crippen molar-refractivity contribution in [2.24, 2.45) is 17.3 Å². The number of aryl methyl sites for hydroxylation is 1. The van der Waals surface area contributed by atoms with Crippen molar-refractivity contribution in [3.05, 3.63) is 42.0 Å². The number of nitrogens with zero attached hydrogens (tertiary/aromatic N) is 8. The molecule has 1 aromatic carbocycles. The average Bonchev–Trinajstić information content (AvgIpc) is 3.59. The van der Waals surface area contributed by atoms with Gasteiger partial charge in [0.05, 0.1) is 5.69 Å². The van der Waals surface area contributed by atoms with Crippen LogP contribution in [0.1, 0.15) is 63.5 Å². The molecule has 2 saturated heterocycles. The lowest BCUT2D eigenvalue weighted by atomic mass is 9.67. The van der Waals surface area contributed by atoms with Crippen LogP contribution in [0.25, 0.3) is 5.69 Å². The molecule has 4 aliphatic rings. The van der Waals surface area contributed by atoms with Crippen LogP contribution in [-0.2, 0) is 9.47 Å². The molecule has 7 rings (SSSR count). The Kier molecular flexibility index (Phi) is 7.13. The van der Waals surface area contributed by atoms with Gasteiger partial charge < -0.3 is 19.1 Å². The second-order valence-electron chi connectivity index (χ2n) is 13.3. The van der Waals surface area contributed by atoms with E-state index in [4.69, 9.17) is 14.2 Å². The first-order valence-corrected chi connectivity index (χ1v) is 15.4. The summed E-state index contributed by atoms with van der Waals surface area (Å²) in [5.74, 6) is 3.62. The molecule has 230 valence electrons. The smallest absolute Gasteiger partial charge is 0.282 e. The minimum atomic E-state index is -0.419. The summed E-state index contributed by atoms with van der Waals surface area (Å²) in [5.41, 5.74) is 0.758. The van der Waals surface area contributed by atoms with Crippen LogP contribution in [-0.4, -0.2) is 87.1 Å². The summed E-state index contributed by atoms with van der Waals surface area (Å²) >= 11 is 0. The molecule has 0 unspecified atom stereocenters. The number of aromatic nitrogens is 6. The van der Waals surface area contributed by atoms with E-state index >= 15 is 0 Å². The van der Waals surface area contributed by atoms with Gasteiger partial charge in [0.1, 0.15) is 23.8 Å². The molecule has 3 aromatic rings. The number of rotatable bonds is 10. The molecule has 12 heteroatoms. The second kappa shape index (κ2) is 10.7. The quantitative estimate of drug-likeness (QED) is 0.313. The summed E-state index contributed by atoms with van der Waals surface area (Å²) in [6, 6.07) is 4.99. The minimum absolute atomic E-state index is 0.207. The normalized spacial score (nSPS) is 22.2. The van der Waals surface area contributed by atoms with Crippen LogP contribution in [0.15, 0.2) is 24.5 Å². The third kappa shape index (κ3) is 5.06. The summed E-state index contributed by atoms with van der Waals surface area (Å²) in [5, 5.41) is 17.0. The fourth-order valence-electron chi connectivity index (χ4n) is 7.74. The van der Waals surface area contributed by atoms with Gasteiger partial charge in [0.15, 0.2) is 17.4 Å². The molecule has 0 radical (unpaired) electrons. The zero-order valence-electron chi connectivity index (χ0n) is 25.7. The fourth-order valence-corrected chi connectivity index (χ4v) is 7.74. The van der Waals surface area contributed by atoms with E-state index in [1.807, 2.05) is 11.5 Å². The molecular formula is C31H41FN8O3. The number of halogens is 1. The number of hydrogen-bond acceptors (Lipinski definition) is 10. The topological polar surface area (TPSA) is 104 Å². The molecule has 2 saturated carbocycles. The average molecular weight is 593 g/mol. The van der Waals surface area contributed by atoms with Crippen LogP contribution in [0.5, 0.6) is 11.6 Å². The Bertz CT molecular complexity index is 1480. The van der Waals surface area contributed by atoms with E-state index in [-0.39, 0.29) is 11.2 Å². The molecular weight excluding hydrogens is 551 g/mol. The standard InChI is InChI=1S/C31H41FN8O3/c1-19(2)26(22-13-31(14-22,41-4)42-5)39-16-30(17-39)10-11-38(15-30)28-29(37-34-18-33-28)43-25-9-8-23(32)12-24(25)40-20(3)35-36-27(40)21-6-7-21/h8-9,12,18-19,21-22,26H,6-7,10-11,13-17H2,1-5H3/t26-/m1/s1. The maximum Gasteiger partial charge on any atom is 0.282 e. The molecule has 43 heavy (non-hydrogen) atoms. The summed E-state index contributed by atoms with van der Waals surface area (Å²) in [6.45, 7) is 10.4. The lowest BCUT2D eigenvalue weighted by Crippen LogP contribution is -2.66. The van der Waals surface area contributed by atoms with Crippen molar-refractivity contribution in [3.8, 4) is 17.3 Å². The highest BCUT2D eigenvalue weighted by molar-refractivity contribution is 5.55. The van der Waals surface area contributed by atoms with Gasteiger partial charge >= 0.3 is 0 Å². The summed E-state index contributed by atoms with van der Waals surface area (Å²) in [7, 11) is 3.49. The van der Waals surface area contributed by atoms with Crippen LogP contribution in [0.4, 0.5) is 10.2 Å². The minimum Gasteiger partial charge on any atom is -0.433 e. The monoisotopic (exact) mass is 592 g/mol. The number of hydrogen-bond donors (Lipinski definition) is 0. The van der Waals surface area contributed by atoms with E-state index in [1.54, 1.807) is 20.3 Å². The second-order valence-corrected chi connectivity index (χ2v) is 13.3. The maximum absolute atomic E-state index is 14.5. The lowest BCUT2D eigenvalue weighted by Gasteiger charge is -2.58. The van der Waals surface area contributed by atoms with Crippen LogP contribution in [0.2, 0.25) is 0 Å². The number of anilines is 1. The molecule has 4 heterocycles. The Balaban J connectivity index is 1.08. The van der Waals surface area contributed by atoms with Crippen LogP contribution >= 0.6 is 0 Å². The Morgan fingerprint density at radius 2 is 1.79 bits per heavy atom. The number of ether oxygens (including phenoxy) is 3. The summed E-state index contributed by atoms with van der Waals surface area (Å²) in [6.07, 6.45) is 6.52. The molecule has 4 fully saturated rings. The van der Waals surface area contributed by atoms with Gasteiger partial charge in [-0.15, -0.1) is 20.4 Å². The number of benzene rings is 1. The van der Waals surface area contributed by atoms with Gasteiger partial charge in [-0.25, -0.2) is 9.37 Å². The van der Waals surface area contributed by atoms with Crippen molar-refractivity contribution >= 4 is 5.82 Å². The van der Waals surface area contributed by atoms with E-state index in [0.717, 1.165) is 64.1 Å². The van der Waals surface area contributed by atoms with Gasteiger partial charge in [0, 0.05) is 76.7 Å². The molecule has 0 amide bonds. The first-order chi connectivity index (χ1) is 20.7. The van der Waals surface area contributed by atoms with Crippen LogP contribution < -0.4 is 9.64 Å². The van der Waals surface area contributed by atoms with Crippen molar-refractivity contribution < 1.29 is 18.6 Å². The third-order valence-electron chi connectivity index (χ3n) is 10.0. The number of methoxy groups -OCH3 is 2. The predicted molar refractivity (Wildman–Crippen MR) is 157 cm³/mol. The highest BCUT2D eigenvalue weighted by Gasteiger charge is 2.56. The molecule has 2 aromatic heterocycles. The highest BCUT2D eigenvalue weighted by Crippen LogP contribution is 2.50. The van der Waals surface area contributed by atoms with Gasteiger partial charge in [-0.2, -0.15) is 0 Å². The number of likely N-dealkylation sites (tertiary alicyclic amines) is 1. The molecule has 1 spiro atoms. The molecule has 11 nitrogen and oxygen atoms in total. The van der Waals surface area contributed by atoms with E-state index < -0.39 is 5.79 Å². The predicted octanol–water partition coefficient (Wildman–Crippen LogP) is 4.51. The van der Waals surface area contributed by atoms with Crippen molar-refractivity contribution in [2.45, 2.75) is 70.6 Å². The van der Waals surface area contributed by atoms with Crippen molar-refractivity contribution in [3.63, 3.8) is 0 Å². The summed E-state index contributed by atoms with van der Waals surface area (Å²) in [4.78, 5) is 9.54. The van der Waals surface area contributed by atoms with E-state index in [9.17, 15) is 4.39 Å².